The molecule has 7 nitrogen and oxygen atoms in total. The first-order chi connectivity index (χ1) is 15.6. The van der Waals surface area contributed by atoms with Gasteiger partial charge in [0.05, 0.1) is 16.8 Å². The molecule has 1 saturated heterocycles. The molecule has 1 aromatic carbocycles. The predicted molar refractivity (Wildman–Crippen MR) is 124 cm³/mol. The van der Waals surface area contributed by atoms with Gasteiger partial charge in [0.25, 0.3) is 5.91 Å². The molecule has 1 aliphatic rings. The molecule has 1 fully saturated rings. The Morgan fingerprint density at radius 1 is 0.969 bits per heavy atom. The van der Waals surface area contributed by atoms with Crippen LogP contribution in [0.3, 0.4) is 0 Å². The van der Waals surface area contributed by atoms with E-state index in [0.717, 1.165) is 47.7 Å². The van der Waals surface area contributed by atoms with Crippen molar-refractivity contribution < 1.29 is 4.79 Å². The Morgan fingerprint density at radius 2 is 1.78 bits per heavy atom. The smallest absolute Gasteiger partial charge is 0.255 e. The molecule has 0 spiro atoms. The van der Waals surface area contributed by atoms with Crippen LogP contribution in [0.4, 0.5) is 0 Å². The monoisotopic (exact) mass is 426 g/mol. The van der Waals surface area contributed by atoms with Gasteiger partial charge in [-0.05, 0) is 43.7 Å². The van der Waals surface area contributed by atoms with Crippen LogP contribution >= 0.6 is 0 Å². The molecule has 0 unspecified atom stereocenters. The van der Waals surface area contributed by atoms with Crippen LogP contribution in [-0.4, -0.2) is 61.6 Å². The van der Waals surface area contributed by atoms with Crippen molar-refractivity contribution in [2.24, 2.45) is 0 Å². The Balaban J connectivity index is 1.22. The van der Waals surface area contributed by atoms with Crippen LogP contribution in [0.2, 0.25) is 0 Å². The zero-order chi connectivity index (χ0) is 22.1. The average molecular weight is 427 g/mol. The molecule has 0 atom stereocenters. The maximum atomic E-state index is 13.0. The van der Waals surface area contributed by atoms with E-state index in [1.54, 1.807) is 10.9 Å². The molecule has 1 aliphatic heterocycles. The number of hydrogen-bond donors (Lipinski definition) is 0. The molecule has 162 valence electrons. The fourth-order valence-electron chi connectivity index (χ4n) is 4.33. The van der Waals surface area contributed by atoms with Crippen molar-refractivity contribution in [1.82, 2.24) is 29.5 Å². The van der Waals surface area contributed by atoms with E-state index in [4.69, 9.17) is 0 Å². The van der Waals surface area contributed by atoms with Crippen molar-refractivity contribution >= 4 is 16.8 Å². The number of piperazine rings is 1. The predicted octanol–water partition coefficient (Wildman–Crippen LogP) is 3.39. The molecule has 5 rings (SSSR count). The standard InChI is InChI=1S/C25H26N6O/c1-18-15-19(2)31(28-18)23-9-8-21(16-27-23)25(32)30-13-11-29(12-14-30)17-22-6-3-5-20-7-4-10-26-24(20)22/h3-10,15-16H,11-14,17H2,1-2H3. The van der Waals surface area contributed by atoms with Gasteiger partial charge in [-0.25, -0.2) is 9.67 Å². The van der Waals surface area contributed by atoms with Crippen molar-refractivity contribution in [1.29, 1.82) is 0 Å². The summed E-state index contributed by atoms with van der Waals surface area (Å²) in [5.41, 5.74) is 4.87. The minimum atomic E-state index is 0.0314. The molecular weight excluding hydrogens is 400 g/mol. The van der Waals surface area contributed by atoms with E-state index in [0.29, 0.717) is 18.7 Å². The third kappa shape index (κ3) is 3.99. The van der Waals surface area contributed by atoms with Crippen LogP contribution in [0, 0.1) is 13.8 Å². The summed E-state index contributed by atoms with van der Waals surface area (Å²) in [6.07, 6.45) is 3.50. The Morgan fingerprint density at radius 3 is 2.50 bits per heavy atom. The number of benzene rings is 1. The number of para-hydroxylation sites is 1. The summed E-state index contributed by atoms with van der Waals surface area (Å²) in [6.45, 7) is 7.88. The zero-order valence-electron chi connectivity index (χ0n) is 18.4. The summed E-state index contributed by atoms with van der Waals surface area (Å²) in [6, 6.07) is 16.1. The molecule has 4 aromatic rings. The van der Waals surface area contributed by atoms with Gasteiger partial charge in [-0.2, -0.15) is 5.10 Å². The highest BCUT2D eigenvalue weighted by Gasteiger charge is 2.23. The first-order valence-electron chi connectivity index (χ1n) is 10.9. The lowest BCUT2D eigenvalue weighted by molar-refractivity contribution is 0.0628. The number of carbonyl (C=O) groups excluding carboxylic acids is 1. The molecule has 3 aromatic heterocycles. The fraction of sp³-hybridized carbons (Fsp3) is 0.280. The minimum absolute atomic E-state index is 0.0314. The third-order valence-electron chi connectivity index (χ3n) is 5.99. The van der Waals surface area contributed by atoms with Crippen LogP contribution in [0.5, 0.6) is 0 Å². The molecule has 1 amide bonds. The fourth-order valence-corrected chi connectivity index (χ4v) is 4.33. The van der Waals surface area contributed by atoms with E-state index >= 15 is 0 Å². The summed E-state index contributed by atoms with van der Waals surface area (Å²) in [5, 5.41) is 5.62. The molecule has 4 heterocycles. The summed E-state index contributed by atoms with van der Waals surface area (Å²) in [7, 11) is 0. The lowest BCUT2D eigenvalue weighted by atomic mass is 10.1. The highest BCUT2D eigenvalue weighted by atomic mass is 16.2. The van der Waals surface area contributed by atoms with E-state index in [1.165, 1.54) is 5.56 Å². The number of aromatic nitrogens is 4. The molecule has 7 heteroatoms. The minimum Gasteiger partial charge on any atom is -0.336 e. The van der Waals surface area contributed by atoms with Crippen LogP contribution < -0.4 is 0 Å². The number of amides is 1. The molecule has 0 aliphatic carbocycles. The molecular formula is C25H26N6O. The van der Waals surface area contributed by atoms with E-state index in [9.17, 15) is 4.79 Å². The number of carbonyl (C=O) groups is 1. The van der Waals surface area contributed by atoms with E-state index in [2.05, 4.69) is 44.2 Å². The van der Waals surface area contributed by atoms with Gasteiger partial charge in [-0.3, -0.25) is 14.7 Å². The summed E-state index contributed by atoms with van der Waals surface area (Å²) < 4.78 is 1.80. The van der Waals surface area contributed by atoms with Gasteiger partial charge in [0.2, 0.25) is 0 Å². The van der Waals surface area contributed by atoms with Gasteiger partial charge in [-0.1, -0.05) is 24.3 Å². The Kier molecular flexibility index (Phi) is 5.41. The Labute approximate surface area is 187 Å². The van der Waals surface area contributed by atoms with Crippen molar-refractivity contribution in [3.05, 3.63) is 83.4 Å². The van der Waals surface area contributed by atoms with E-state index in [1.807, 2.05) is 49.2 Å². The Bertz CT molecular complexity index is 1250. The van der Waals surface area contributed by atoms with Gasteiger partial charge in [-0.15, -0.1) is 0 Å². The average Bonchev–Trinajstić information content (AvgIpc) is 3.17. The van der Waals surface area contributed by atoms with Crippen molar-refractivity contribution in [3.8, 4) is 5.82 Å². The molecule has 0 saturated carbocycles. The number of rotatable bonds is 4. The highest BCUT2D eigenvalue weighted by molar-refractivity contribution is 5.94. The number of nitrogens with zero attached hydrogens (tertiary/aromatic N) is 6. The maximum absolute atomic E-state index is 13.0. The lowest BCUT2D eigenvalue weighted by Crippen LogP contribution is -2.48. The number of pyridine rings is 2. The van der Waals surface area contributed by atoms with Crippen LogP contribution in [0.25, 0.3) is 16.7 Å². The normalized spacial score (nSPS) is 14.8. The number of aryl methyl sites for hydroxylation is 2. The van der Waals surface area contributed by atoms with E-state index < -0.39 is 0 Å². The first-order valence-corrected chi connectivity index (χ1v) is 10.9. The van der Waals surface area contributed by atoms with Gasteiger partial charge >= 0.3 is 0 Å². The molecule has 0 bridgehead atoms. The third-order valence-corrected chi connectivity index (χ3v) is 5.99. The van der Waals surface area contributed by atoms with Crippen molar-refractivity contribution in [2.45, 2.75) is 20.4 Å². The van der Waals surface area contributed by atoms with Crippen molar-refractivity contribution in [2.75, 3.05) is 26.2 Å². The lowest BCUT2D eigenvalue weighted by Gasteiger charge is -2.34. The van der Waals surface area contributed by atoms with Crippen LogP contribution in [-0.2, 0) is 6.54 Å². The van der Waals surface area contributed by atoms with Crippen molar-refractivity contribution in [3.63, 3.8) is 0 Å². The van der Waals surface area contributed by atoms with Crippen LogP contribution in [0.15, 0.2) is 60.9 Å². The van der Waals surface area contributed by atoms with E-state index in [-0.39, 0.29) is 5.91 Å². The zero-order valence-corrected chi connectivity index (χ0v) is 18.4. The summed E-state index contributed by atoms with van der Waals surface area (Å²) in [5.74, 6) is 0.754. The first kappa shape index (κ1) is 20.3. The van der Waals surface area contributed by atoms with Crippen LogP contribution in [0.1, 0.15) is 27.3 Å². The number of hydrogen-bond acceptors (Lipinski definition) is 5. The second-order valence-corrected chi connectivity index (χ2v) is 8.30. The second-order valence-electron chi connectivity index (χ2n) is 8.30. The second kappa shape index (κ2) is 8.51. The Hall–Kier alpha value is -3.58. The summed E-state index contributed by atoms with van der Waals surface area (Å²) >= 11 is 0. The topological polar surface area (TPSA) is 67.2 Å². The van der Waals surface area contributed by atoms with Gasteiger partial charge in [0.1, 0.15) is 0 Å². The maximum Gasteiger partial charge on any atom is 0.255 e. The summed E-state index contributed by atoms with van der Waals surface area (Å²) in [4.78, 5) is 26.3. The number of fused-ring (bicyclic) bond motifs is 1. The molecule has 32 heavy (non-hydrogen) atoms. The highest BCUT2D eigenvalue weighted by Crippen LogP contribution is 2.19. The molecule has 0 N–H and O–H groups in total. The quantitative estimate of drug-likeness (QED) is 0.500. The van der Waals surface area contributed by atoms with Gasteiger partial charge in [0, 0.05) is 56.2 Å². The van der Waals surface area contributed by atoms with Gasteiger partial charge in [0.15, 0.2) is 5.82 Å². The largest absolute Gasteiger partial charge is 0.336 e. The SMILES string of the molecule is Cc1cc(C)n(-c2ccc(C(=O)N3CCN(Cc4cccc5cccnc45)CC3)cn2)n1. The molecule has 0 radical (unpaired) electrons. The van der Waals surface area contributed by atoms with Gasteiger partial charge < -0.3 is 4.90 Å².